The van der Waals surface area contributed by atoms with Gasteiger partial charge in [0, 0.05) is 48.7 Å². The Bertz CT molecular complexity index is 1910. The van der Waals surface area contributed by atoms with Crippen LogP contribution >= 0.6 is 0 Å². The van der Waals surface area contributed by atoms with E-state index in [2.05, 4.69) is 15.4 Å². The summed E-state index contributed by atoms with van der Waals surface area (Å²) in [5, 5.41) is 19.5. The average Bonchev–Trinajstić information content (AvgIpc) is 3.45. The maximum atomic E-state index is 13.8. The lowest BCUT2D eigenvalue weighted by Gasteiger charge is -2.38. The van der Waals surface area contributed by atoms with E-state index in [1.165, 1.54) is 18.2 Å². The Kier molecular flexibility index (Phi) is 6.12. The molecule has 1 aromatic heterocycles. The number of carbonyl (C=O) groups is 2. The molecule has 0 spiro atoms. The Hall–Kier alpha value is -5.32. The van der Waals surface area contributed by atoms with Crippen LogP contribution in [-0.2, 0) is 6.18 Å². The number of ketones is 1. The number of fused-ring (bicyclic) bond motifs is 2. The predicted molar refractivity (Wildman–Crippen MR) is 153 cm³/mol. The van der Waals surface area contributed by atoms with Crippen LogP contribution in [0.3, 0.4) is 0 Å². The van der Waals surface area contributed by atoms with Gasteiger partial charge in [-0.3, -0.25) is 4.79 Å². The number of alkyl halides is 3. The Labute approximate surface area is 242 Å². The van der Waals surface area contributed by atoms with Gasteiger partial charge in [-0.25, -0.2) is 0 Å². The summed E-state index contributed by atoms with van der Waals surface area (Å²) in [4.78, 5) is 29.1. The summed E-state index contributed by atoms with van der Waals surface area (Å²) in [7, 11) is 0. The Balaban J connectivity index is 1.28. The van der Waals surface area contributed by atoms with Crippen molar-refractivity contribution in [2.75, 3.05) is 41.3 Å². The minimum atomic E-state index is -4.43. The van der Waals surface area contributed by atoms with Crippen LogP contribution in [0, 0.1) is 0 Å². The molecular weight excluding hydrogens is 561 g/mol. The highest BCUT2D eigenvalue weighted by molar-refractivity contribution is 6.28. The first kappa shape index (κ1) is 26.6. The smallest absolute Gasteiger partial charge is 0.416 e. The third-order valence-electron chi connectivity index (χ3n) is 7.94. The average molecular weight is 584 g/mol. The highest BCUT2D eigenvalue weighted by Gasteiger charge is 2.35. The minimum Gasteiger partial charge on any atom is -0.545 e. The van der Waals surface area contributed by atoms with E-state index < -0.39 is 17.7 Å². The number of rotatable bonds is 5. The zero-order valence-corrected chi connectivity index (χ0v) is 22.4. The molecule has 1 aliphatic carbocycles. The summed E-state index contributed by atoms with van der Waals surface area (Å²) in [6.07, 6.45) is -4.43. The van der Waals surface area contributed by atoms with Gasteiger partial charge in [0.1, 0.15) is 5.52 Å². The Morgan fingerprint density at radius 3 is 2.28 bits per heavy atom. The monoisotopic (exact) mass is 583 g/mol. The highest BCUT2D eigenvalue weighted by Crippen LogP contribution is 2.46. The van der Waals surface area contributed by atoms with E-state index in [0.717, 1.165) is 12.1 Å². The van der Waals surface area contributed by atoms with Crippen LogP contribution in [0.15, 0.2) is 83.4 Å². The lowest BCUT2D eigenvalue weighted by atomic mass is 9.86. The number of carboxylic acids is 1. The first-order valence-corrected chi connectivity index (χ1v) is 13.5. The molecule has 0 bridgehead atoms. The molecule has 1 aliphatic heterocycles. The predicted octanol–water partition coefficient (Wildman–Crippen LogP) is 5.49. The van der Waals surface area contributed by atoms with Gasteiger partial charge in [-0.1, -0.05) is 47.6 Å². The molecule has 0 radical (unpaired) electrons. The SMILES string of the molecule is O=C([O-])c1ccc(Nc2cc(N3CCN(c4cccc(C(F)(F)F)c4)CC3)c3noc4c3c2C(=O)c2ccccc2-4)cc1. The maximum Gasteiger partial charge on any atom is 0.416 e. The second-order valence-corrected chi connectivity index (χ2v) is 10.4. The number of carbonyl (C=O) groups excluding carboxylic acids is 2. The topological polar surface area (TPSA) is 102 Å². The van der Waals surface area contributed by atoms with E-state index in [1.807, 2.05) is 23.1 Å². The molecule has 11 heteroatoms. The molecule has 0 saturated carbocycles. The number of hydrogen-bond acceptors (Lipinski definition) is 8. The summed E-state index contributed by atoms with van der Waals surface area (Å²) < 4.78 is 45.8. The van der Waals surface area contributed by atoms with Gasteiger partial charge in [0.15, 0.2) is 11.5 Å². The van der Waals surface area contributed by atoms with E-state index in [0.29, 0.717) is 82.3 Å². The number of halogens is 3. The number of aromatic nitrogens is 1. The van der Waals surface area contributed by atoms with Crippen molar-refractivity contribution < 1.29 is 32.4 Å². The molecule has 8 nitrogen and oxygen atoms in total. The lowest BCUT2D eigenvalue weighted by molar-refractivity contribution is -0.255. The van der Waals surface area contributed by atoms with E-state index in [-0.39, 0.29) is 11.3 Å². The fraction of sp³-hybridized carbons (Fsp3) is 0.156. The van der Waals surface area contributed by atoms with Crippen LogP contribution in [0.4, 0.5) is 35.9 Å². The van der Waals surface area contributed by atoms with Gasteiger partial charge < -0.3 is 29.5 Å². The first-order valence-electron chi connectivity index (χ1n) is 13.5. The van der Waals surface area contributed by atoms with Crippen molar-refractivity contribution in [3.8, 4) is 11.3 Å². The minimum absolute atomic E-state index is 0.0213. The zero-order chi connectivity index (χ0) is 29.9. The normalized spacial score (nSPS) is 14.6. The van der Waals surface area contributed by atoms with Crippen molar-refractivity contribution in [3.63, 3.8) is 0 Å². The summed E-state index contributed by atoms with van der Waals surface area (Å²) in [6, 6.07) is 20.3. The number of nitrogens with one attached hydrogen (secondary N) is 1. The van der Waals surface area contributed by atoms with Gasteiger partial charge in [-0.15, -0.1) is 0 Å². The summed E-state index contributed by atoms with van der Waals surface area (Å²) >= 11 is 0. The Morgan fingerprint density at radius 2 is 1.58 bits per heavy atom. The molecule has 2 aliphatic rings. The number of carboxylic acid groups (broad SMARTS) is 1. The van der Waals surface area contributed by atoms with Gasteiger partial charge >= 0.3 is 6.18 Å². The first-order chi connectivity index (χ1) is 20.7. The summed E-state index contributed by atoms with van der Waals surface area (Å²) in [5.41, 5.74) is 3.60. The fourth-order valence-corrected chi connectivity index (χ4v) is 5.81. The van der Waals surface area contributed by atoms with Crippen LogP contribution in [-0.4, -0.2) is 43.1 Å². The molecule has 1 fully saturated rings. The van der Waals surface area contributed by atoms with Crippen molar-refractivity contribution in [2.45, 2.75) is 6.18 Å². The molecule has 5 aromatic rings. The van der Waals surface area contributed by atoms with Gasteiger partial charge in [-0.2, -0.15) is 13.2 Å². The molecule has 2 heterocycles. The summed E-state index contributed by atoms with van der Waals surface area (Å²) in [6.45, 7) is 1.89. The maximum absolute atomic E-state index is 13.8. The zero-order valence-electron chi connectivity index (χ0n) is 22.4. The standard InChI is InChI=1S/C32H23F3N4O4/c33-32(34,35)19-4-3-5-21(16-19)38-12-14-39(15-13-38)25-17-24(36-20-10-8-18(9-11-20)31(41)42)26-27-28(25)37-43-30(27)23-7-2-1-6-22(23)29(26)40/h1-11,16-17,36H,12-15H2,(H,41,42)/p-1. The van der Waals surface area contributed by atoms with E-state index in [9.17, 15) is 27.9 Å². The number of nitrogens with zero attached hydrogens (tertiary/aromatic N) is 3. The van der Waals surface area contributed by atoms with Crippen molar-refractivity contribution in [3.05, 3.63) is 101 Å². The lowest BCUT2D eigenvalue weighted by Crippen LogP contribution is -2.46. The fourth-order valence-electron chi connectivity index (χ4n) is 5.81. The number of benzene rings is 4. The van der Waals surface area contributed by atoms with Crippen LogP contribution in [0.1, 0.15) is 31.8 Å². The number of hydrogen-bond donors (Lipinski definition) is 1. The van der Waals surface area contributed by atoms with Crippen LogP contribution < -0.4 is 20.2 Å². The van der Waals surface area contributed by atoms with Gasteiger partial charge in [0.05, 0.1) is 33.9 Å². The van der Waals surface area contributed by atoms with Crippen molar-refractivity contribution >= 4 is 45.4 Å². The molecule has 1 N–H and O–H groups in total. The molecule has 43 heavy (non-hydrogen) atoms. The largest absolute Gasteiger partial charge is 0.545 e. The summed E-state index contributed by atoms with van der Waals surface area (Å²) in [5.74, 6) is -1.03. The van der Waals surface area contributed by atoms with Gasteiger partial charge in [-0.05, 0) is 42.0 Å². The third-order valence-corrected chi connectivity index (χ3v) is 7.94. The van der Waals surface area contributed by atoms with Crippen LogP contribution in [0.5, 0.6) is 0 Å². The molecule has 0 atom stereocenters. The Morgan fingerprint density at radius 1 is 0.884 bits per heavy atom. The molecule has 1 saturated heterocycles. The molecular formula is C32H22F3N4O4-. The molecule has 0 unspecified atom stereocenters. The van der Waals surface area contributed by atoms with Crippen molar-refractivity contribution in [2.24, 2.45) is 0 Å². The second-order valence-electron chi connectivity index (χ2n) is 10.4. The van der Waals surface area contributed by atoms with Gasteiger partial charge in [0.2, 0.25) is 0 Å². The van der Waals surface area contributed by atoms with Crippen molar-refractivity contribution in [1.29, 1.82) is 0 Å². The quantitative estimate of drug-likeness (QED) is 0.284. The van der Waals surface area contributed by atoms with Crippen molar-refractivity contribution in [1.82, 2.24) is 5.16 Å². The molecule has 4 aromatic carbocycles. The molecule has 7 rings (SSSR count). The number of piperazine rings is 1. The van der Waals surface area contributed by atoms with E-state index >= 15 is 0 Å². The number of anilines is 4. The van der Waals surface area contributed by atoms with E-state index in [4.69, 9.17) is 4.52 Å². The third kappa shape index (κ3) is 4.53. The van der Waals surface area contributed by atoms with Crippen LogP contribution in [0.25, 0.3) is 22.2 Å². The second kappa shape index (κ2) is 9.90. The van der Waals surface area contributed by atoms with Crippen LogP contribution in [0.2, 0.25) is 0 Å². The van der Waals surface area contributed by atoms with E-state index in [1.54, 1.807) is 30.3 Å². The number of aromatic carboxylic acids is 1. The van der Waals surface area contributed by atoms with Gasteiger partial charge in [0.25, 0.3) is 0 Å². The molecule has 216 valence electrons. The highest BCUT2D eigenvalue weighted by atomic mass is 19.4. The molecule has 0 amide bonds.